The van der Waals surface area contributed by atoms with E-state index in [-0.39, 0.29) is 5.91 Å². The summed E-state index contributed by atoms with van der Waals surface area (Å²) in [7, 11) is 1.94. The number of carbonyl (C=O) groups is 1. The van der Waals surface area contributed by atoms with Gasteiger partial charge in [-0.3, -0.25) is 4.79 Å². The molecule has 1 aliphatic heterocycles. The van der Waals surface area contributed by atoms with Gasteiger partial charge in [0.1, 0.15) is 0 Å². The summed E-state index contributed by atoms with van der Waals surface area (Å²) in [6.07, 6.45) is 3.12. The lowest BCUT2D eigenvalue weighted by Crippen LogP contribution is -2.40. The van der Waals surface area contributed by atoms with E-state index in [1.807, 2.05) is 18.9 Å². The van der Waals surface area contributed by atoms with Crippen LogP contribution in [-0.4, -0.2) is 48.9 Å². The van der Waals surface area contributed by atoms with E-state index in [4.69, 9.17) is 0 Å². The molecule has 0 bridgehead atoms. The zero-order valence-electron chi connectivity index (χ0n) is 11.9. The predicted molar refractivity (Wildman–Crippen MR) is 71.9 cm³/mol. The molecule has 1 aliphatic rings. The Hall–Kier alpha value is -0.570. The van der Waals surface area contributed by atoms with Gasteiger partial charge >= 0.3 is 0 Å². The van der Waals surface area contributed by atoms with Gasteiger partial charge in [0.2, 0.25) is 5.91 Å². The molecule has 0 radical (unpaired) electrons. The van der Waals surface area contributed by atoms with Crippen molar-refractivity contribution in [2.45, 2.75) is 40.0 Å². The van der Waals surface area contributed by atoms with Crippen molar-refractivity contribution in [1.29, 1.82) is 0 Å². The zero-order valence-corrected chi connectivity index (χ0v) is 11.9. The maximum atomic E-state index is 11.5. The second-order valence-electron chi connectivity index (χ2n) is 5.77. The van der Waals surface area contributed by atoms with Gasteiger partial charge in [0.15, 0.2) is 0 Å². The van der Waals surface area contributed by atoms with Crippen LogP contribution in [0.4, 0.5) is 0 Å². The van der Waals surface area contributed by atoms with E-state index < -0.39 is 0 Å². The number of amides is 1. The molecular formula is C14H28N2O. The molecule has 0 aromatic heterocycles. The Morgan fingerprint density at radius 2 is 1.94 bits per heavy atom. The topological polar surface area (TPSA) is 23.6 Å². The molecule has 1 heterocycles. The summed E-state index contributed by atoms with van der Waals surface area (Å²) in [4.78, 5) is 16.0. The Balaban J connectivity index is 2.25. The van der Waals surface area contributed by atoms with Crippen LogP contribution in [0.15, 0.2) is 0 Å². The van der Waals surface area contributed by atoms with Gasteiger partial charge in [-0.2, -0.15) is 0 Å². The van der Waals surface area contributed by atoms with Gasteiger partial charge in [-0.1, -0.05) is 20.8 Å². The molecule has 0 atom stereocenters. The van der Waals surface area contributed by atoms with Crippen molar-refractivity contribution >= 4 is 5.91 Å². The number of hydrogen-bond donors (Lipinski definition) is 0. The van der Waals surface area contributed by atoms with Gasteiger partial charge in [0.25, 0.3) is 0 Å². The fourth-order valence-corrected chi connectivity index (χ4v) is 2.63. The lowest BCUT2D eigenvalue weighted by atomic mass is 9.95. The third-order valence-electron chi connectivity index (χ3n) is 3.59. The molecular weight excluding hydrogens is 212 g/mol. The highest BCUT2D eigenvalue weighted by Gasteiger charge is 2.21. The smallest absolute Gasteiger partial charge is 0.222 e. The first-order chi connectivity index (χ1) is 8.02. The number of piperidine rings is 1. The van der Waals surface area contributed by atoms with E-state index in [1.165, 1.54) is 32.5 Å². The fourth-order valence-electron chi connectivity index (χ4n) is 2.63. The summed E-state index contributed by atoms with van der Waals surface area (Å²) < 4.78 is 0. The number of likely N-dealkylation sites (tertiary alicyclic amines) is 1. The normalized spacial score (nSPS) is 18.6. The predicted octanol–water partition coefficient (Wildman–Crippen LogP) is 2.22. The van der Waals surface area contributed by atoms with Crippen molar-refractivity contribution in [3.8, 4) is 0 Å². The van der Waals surface area contributed by atoms with E-state index in [1.54, 1.807) is 0 Å². The Morgan fingerprint density at radius 1 is 1.35 bits per heavy atom. The third kappa shape index (κ3) is 5.07. The number of rotatable bonds is 5. The van der Waals surface area contributed by atoms with Crippen molar-refractivity contribution < 1.29 is 4.79 Å². The molecule has 0 aromatic rings. The van der Waals surface area contributed by atoms with Gasteiger partial charge < -0.3 is 9.80 Å². The van der Waals surface area contributed by atoms with Crippen molar-refractivity contribution in [2.24, 2.45) is 11.8 Å². The van der Waals surface area contributed by atoms with Crippen molar-refractivity contribution in [2.75, 3.05) is 33.2 Å². The molecule has 1 saturated heterocycles. The summed E-state index contributed by atoms with van der Waals surface area (Å²) in [6.45, 7) is 11.1. The molecule has 1 amide bonds. The Morgan fingerprint density at radius 3 is 2.41 bits per heavy atom. The summed E-state index contributed by atoms with van der Waals surface area (Å²) in [5, 5.41) is 0. The second-order valence-corrected chi connectivity index (χ2v) is 5.77. The lowest BCUT2D eigenvalue weighted by Gasteiger charge is -2.34. The van der Waals surface area contributed by atoms with Crippen LogP contribution < -0.4 is 0 Å². The largest absolute Gasteiger partial charge is 0.345 e. The highest BCUT2D eigenvalue weighted by atomic mass is 16.2. The molecule has 0 aliphatic carbocycles. The maximum absolute atomic E-state index is 11.5. The average molecular weight is 240 g/mol. The summed E-state index contributed by atoms with van der Waals surface area (Å²) >= 11 is 0. The van der Waals surface area contributed by atoms with Gasteiger partial charge in [-0.05, 0) is 37.8 Å². The van der Waals surface area contributed by atoms with Crippen molar-refractivity contribution in [1.82, 2.24) is 9.80 Å². The molecule has 3 nitrogen and oxygen atoms in total. The maximum Gasteiger partial charge on any atom is 0.222 e. The van der Waals surface area contributed by atoms with E-state index in [2.05, 4.69) is 18.7 Å². The van der Waals surface area contributed by atoms with Crippen LogP contribution in [0.5, 0.6) is 0 Å². The molecule has 1 rings (SSSR count). The highest BCUT2D eigenvalue weighted by molar-refractivity contribution is 5.75. The van der Waals surface area contributed by atoms with Gasteiger partial charge in [0, 0.05) is 26.6 Å². The summed E-state index contributed by atoms with van der Waals surface area (Å²) in [5.41, 5.74) is 0. The molecule has 3 heteroatoms. The lowest BCUT2D eigenvalue weighted by molar-refractivity contribution is -0.130. The van der Waals surface area contributed by atoms with Crippen LogP contribution in [0.25, 0.3) is 0 Å². The van der Waals surface area contributed by atoms with Crippen LogP contribution in [0.2, 0.25) is 0 Å². The standard InChI is InChI=1S/C14H28N2O/c1-5-14(17)15(4)11-13-6-8-16(9-7-13)10-12(2)3/h12-13H,5-11H2,1-4H3. The number of nitrogens with zero attached hydrogens (tertiary/aromatic N) is 2. The summed E-state index contributed by atoms with van der Waals surface area (Å²) in [6, 6.07) is 0. The number of carbonyl (C=O) groups excluding carboxylic acids is 1. The van der Waals surface area contributed by atoms with Crippen molar-refractivity contribution in [3.63, 3.8) is 0 Å². The minimum atomic E-state index is 0.273. The third-order valence-corrected chi connectivity index (χ3v) is 3.59. The van der Waals surface area contributed by atoms with Crippen LogP contribution in [-0.2, 0) is 4.79 Å². The van der Waals surface area contributed by atoms with Gasteiger partial charge in [-0.25, -0.2) is 0 Å². The molecule has 17 heavy (non-hydrogen) atoms. The minimum absolute atomic E-state index is 0.273. The highest BCUT2D eigenvalue weighted by Crippen LogP contribution is 2.19. The molecule has 1 fully saturated rings. The first-order valence-electron chi connectivity index (χ1n) is 6.99. The minimum Gasteiger partial charge on any atom is -0.345 e. The van der Waals surface area contributed by atoms with Crippen LogP contribution in [0, 0.1) is 11.8 Å². The van der Waals surface area contributed by atoms with Crippen LogP contribution >= 0.6 is 0 Å². The fraction of sp³-hybridized carbons (Fsp3) is 0.929. The first-order valence-corrected chi connectivity index (χ1v) is 6.99. The molecule has 0 N–H and O–H groups in total. The zero-order chi connectivity index (χ0) is 12.8. The average Bonchev–Trinajstić information content (AvgIpc) is 2.30. The molecule has 0 unspecified atom stereocenters. The Kier molecular flexibility index (Phi) is 5.96. The molecule has 0 spiro atoms. The van der Waals surface area contributed by atoms with Crippen molar-refractivity contribution in [3.05, 3.63) is 0 Å². The number of hydrogen-bond acceptors (Lipinski definition) is 2. The van der Waals surface area contributed by atoms with Gasteiger partial charge in [-0.15, -0.1) is 0 Å². The van der Waals surface area contributed by atoms with E-state index in [9.17, 15) is 4.79 Å². The van der Waals surface area contributed by atoms with E-state index in [0.717, 1.165) is 12.5 Å². The van der Waals surface area contributed by atoms with Gasteiger partial charge in [0.05, 0.1) is 0 Å². The Labute approximate surface area is 106 Å². The molecule has 0 aromatic carbocycles. The Bertz CT molecular complexity index is 232. The molecule has 100 valence electrons. The monoisotopic (exact) mass is 240 g/mol. The van der Waals surface area contributed by atoms with Crippen LogP contribution in [0.1, 0.15) is 40.0 Å². The SMILES string of the molecule is CCC(=O)N(C)CC1CCN(CC(C)C)CC1. The van der Waals surface area contributed by atoms with E-state index >= 15 is 0 Å². The van der Waals surface area contributed by atoms with Crippen LogP contribution in [0.3, 0.4) is 0 Å². The summed E-state index contributed by atoms with van der Waals surface area (Å²) in [5.74, 6) is 1.74. The molecule has 0 saturated carbocycles. The second kappa shape index (κ2) is 7.00. The quantitative estimate of drug-likeness (QED) is 0.735. The first kappa shape index (κ1) is 14.5. The van der Waals surface area contributed by atoms with E-state index in [0.29, 0.717) is 12.3 Å².